The Morgan fingerprint density at radius 1 is 0.939 bits per heavy atom. The van der Waals surface area contributed by atoms with E-state index in [9.17, 15) is 0 Å². The van der Waals surface area contributed by atoms with Crippen molar-refractivity contribution in [2.24, 2.45) is 0 Å². The van der Waals surface area contributed by atoms with Gasteiger partial charge >= 0.3 is 0 Å². The van der Waals surface area contributed by atoms with E-state index in [1.54, 1.807) is 0 Å². The summed E-state index contributed by atoms with van der Waals surface area (Å²) in [5, 5.41) is 12.1. The zero-order chi connectivity index (χ0) is 23.4. The second-order valence-corrected chi connectivity index (χ2v) is 9.76. The lowest BCUT2D eigenvalue weighted by molar-refractivity contribution is 0.387. The highest BCUT2D eigenvalue weighted by Gasteiger charge is 2.23. The summed E-state index contributed by atoms with van der Waals surface area (Å²) < 4.78 is 0. The average molecular weight is 463 g/mol. The molecule has 1 saturated carbocycles. The minimum absolute atomic E-state index is 0.365. The highest BCUT2D eigenvalue weighted by molar-refractivity contribution is 7.80. The standard InChI is InChI=1S/C26H34N6S/c1-17(2)18-9-11-20(12-10-18)28-26(33)29-21-15-13-19(14-16-21)27-25-30-23-8-6-5-7-22(23)24(31-25)32(3)4/h5-12,17,19,21H,13-16H2,1-4H3,(H,27,30,31)(H2,28,29,33)/t19-,21+. The van der Waals surface area contributed by atoms with E-state index >= 15 is 0 Å². The van der Waals surface area contributed by atoms with Crippen molar-refractivity contribution in [3.05, 3.63) is 54.1 Å². The third-order valence-corrected chi connectivity index (χ3v) is 6.46. The first-order chi connectivity index (χ1) is 15.9. The maximum absolute atomic E-state index is 5.56. The van der Waals surface area contributed by atoms with Gasteiger partial charge in [0.1, 0.15) is 5.82 Å². The summed E-state index contributed by atoms with van der Waals surface area (Å²) in [5.41, 5.74) is 3.32. The van der Waals surface area contributed by atoms with E-state index in [1.165, 1.54) is 5.56 Å². The summed E-state index contributed by atoms with van der Waals surface area (Å²) in [7, 11) is 4.04. The minimum Gasteiger partial charge on any atom is -0.362 e. The Hall–Kier alpha value is -2.93. The van der Waals surface area contributed by atoms with Crippen LogP contribution in [0.4, 0.5) is 17.5 Å². The van der Waals surface area contributed by atoms with Gasteiger partial charge < -0.3 is 20.9 Å². The molecule has 2 aromatic carbocycles. The summed E-state index contributed by atoms with van der Waals surface area (Å²) in [5.74, 6) is 2.18. The zero-order valence-corrected chi connectivity index (χ0v) is 20.7. The molecule has 3 N–H and O–H groups in total. The predicted octanol–water partition coefficient (Wildman–Crippen LogP) is 5.53. The van der Waals surface area contributed by atoms with Gasteiger partial charge in [-0.3, -0.25) is 0 Å². The molecule has 0 unspecified atom stereocenters. The quantitative estimate of drug-likeness (QED) is 0.416. The number of hydrogen-bond acceptors (Lipinski definition) is 5. The number of benzene rings is 2. The fourth-order valence-electron chi connectivity index (χ4n) is 4.33. The van der Waals surface area contributed by atoms with Gasteiger partial charge in [0.15, 0.2) is 5.11 Å². The lowest BCUT2D eigenvalue weighted by atomic mass is 9.91. The number of fused-ring (bicyclic) bond motifs is 1. The van der Waals surface area contributed by atoms with Gasteiger partial charge in [-0.15, -0.1) is 0 Å². The van der Waals surface area contributed by atoms with Gasteiger partial charge in [0.2, 0.25) is 5.95 Å². The van der Waals surface area contributed by atoms with Crippen LogP contribution in [-0.4, -0.2) is 41.3 Å². The third kappa shape index (κ3) is 5.90. The largest absolute Gasteiger partial charge is 0.362 e. The molecule has 3 aromatic rings. The summed E-state index contributed by atoms with van der Waals surface area (Å²) in [4.78, 5) is 11.6. The Balaban J connectivity index is 1.30. The third-order valence-electron chi connectivity index (χ3n) is 6.24. The Morgan fingerprint density at radius 3 is 2.27 bits per heavy atom. The van der Waals surface area contributed by atoms with E-state index in [4.69, 9.17) is 22.2 Å². The Morgan fingerprint density at radius 2 is 1.61 bits per heavy atom. The van der Waals surface area contributed by atoms with Crippen molar-refractivity contribution in [3.8, 4) is 0 Å². The second kappa shape index (κ2) is 10.3. The molecule has 0 amide bonds. The first-order valence-corrected chi connectivity index (χ1v) is 12.2. The van der Waals surface area contributed by atoms with Crippen molar-refractivity contribution >= 4 is 45.7 Å². The van der Waals surface area contributed by atoms with E-state index in [0.717, 1.165) is 48.1 Å². The molecule has 4 rings (SSSR count). The normalized spacial score (nSPS) is 18.2. The number of para-hydroxylation sites is 1. The zero-order valence-electron chi connectivity index (χ0n) is 19.9. The van der Waals surface area contributed by atoms with E-state index in [1.807, 2.05) is 37.2 Å². The molecule has 0 saturated heterocycles. The second-order valence-electron chi connectivity index (χ2n) is 9.35. The molecule has 0 bridgehead atoms. The molecule has 33 heavy (non-hydrogen) atoms. The number of thiocarbonyl (C=S) groups is 1. The fraction of sp³-hybridized carbons (Fsp3) is 0.423. The topological polar surface area (TPSA) is 65.1 Å². The SMILES string of the molecule is CC(C)c1ccc(NC(=S)N[C@H]2CC[C@@H](Nc3nc(N(C)C)c4ccccc4n3)CC2)cc1. The number of nitrogens with zero attached hydrogens (tertiary/aromatic N) is 3. The average Bonchev–Trinajstić information content (AvgIpc) is 2.80. The molecule has 174 valence electrons. The van der Waals surface area contributed by atoms with Crippen molar-refractivity contribution < 1.29 is 0 Å². The molecule has 1 heterocycles. The van der Waals surface area contributed by atoms with Gasteiger partial charge in [0, 0.05) is 37.3 Å². The van der Waals surface area contributed by atoms with Crippen molar-refractivity contribution in [1.82, 2.24) is 15.3 Å². The number of aromatic nitrogens is 2. The Kier molecular flexibility index (Phi) is 7.28. The van der Waals surface area contributed by atoms with Gasteiger partial charge in [0.05, 0.1) is 5.52 Å². The van der Waals surface area contributed by atoms with Crippen LogP contribution in [0.25, 0.3) is 10.9 Å². The molecule has 7 heteroatoms. The lowest BCUT2D eigenvalue weighted by Crippen LogP contribution is -2.42. The van der Waals surface area contributed by atoms with Crippen LogP contribution in [0.15, 0.2) is 48.5 Å². The summed E-state index contributed by atoms with van der Waals surface area (Å²) in [6, 6.07) is 17.4. The van der Waals surface area contributed by atoms with E-state index < -0.39 is 0 Å². The number of rotatable bonds is 6. The highest BCUT2D eigenvalue weighted by atomic mass is 32.1. The van der Waals surface area contributed by atoms with Crippen LogP contribution < -0.4 is 20.9 Å². The fourth-order valence-corrected chi connectivity index (χ4v) is 4.62. The molecular weight excluding hydrogens is 428 g/mol. The molecule has 1 aliphatic rings. The minimum atomic E-state index is 0.365. The van der Waals surface area contributed by atoms with E-state index in [0.29, 0.717) is 29.1 Å². The number of anilines is 3. The molecule has 0 spiro atoms. The first-order valence-electron chi connectivity index (χ1n) is 11.8. The van der Waals surface area contributed by atoms with Gasteiger partial charge in [-0.25, -0.2) is 4.98 Å². The van der Waals surface area contributed by atoms with Crippen LogP contribution in [0.2, 0.25) is 0 Å². The van der Waals surface area contributed by atoms with Crippen LogP contribution in [0, 0.1) is 0 Å². The molecule has 1 aliphatic carbocycles. The van der Waals surface area contributed by atoms with Gasteiger partial charge in [-0.1, -0.05) is 38.1 Å². The smallest absolute Gasteiger partial charge is 0.225 e. The van der Waals surface area contributed by atoms with Crippen LogP contribution in [0.3, 0.4) is 0 Å². The van der Waals surface area contributed by atoms with Crippen LogP contribution in [0.5, 0.6) is 0 Å². The molecule has 1 fully saturated rings. The summed E-state index contributed by atoms with van der Waals surface area (Å²) in [6.45, 7) is 4.40. The Labute approximate surface area is 202 Å². The van der Waals surface area contributed by atoms with E-state index in [2.05, 4.69) is 60.1 Å². The summed E-state index contributed by atoms with van der Waals surface area (Å²) >= 11 is 5.56. The predicted molar refractivity (Wildman–Crippen MR) is 143 cm³/mol. The van der Waals surface area contributed by atoms with Crippen molar-refractivity contribution in [1.29, 1.82) is 0 Å². The maximum Gasteiger partial charge on any atom is 0.225 e. The first kappa shape index (κ1) is 23.2. The Bertz CT molecular complexity index is 1090. The molecule has 1 aromatic heterocycles. The van der Waals surface area contributed by atoms with Crippen LogP contribution in [-0.2, 0) is 0 Å². The number of hydrogen-bond donors (Lipinski definition) is 3. The molecular formula is C26H34N6S. The molecule has 0 aliphatic heterocycles. The monoisotopic (exact) mass is 462 g/mol. The summed E-state index contributed by atoms with van der Waals surface area (Å²) in [6.07, 6.45) is 4.22. The molecule has 6 nitrogen and oxygen atoms in total. The van der Waals surface area contributed by atoms with E-state index in [-0.39, 0.29) is 0 Å². The highest BCUT2D eigenvalue weighted by Crippen LogP contribution is 2.26. The van der Waals surface area contributed by atoms with Crippen molar-refractivity contribution in [2.45, 2.75) is 57.5 Å². The van der Waals surface area contributed by atoms with Gasteiger partial charge in [0.25, 0.3) is 0 Å². The maximum atomic E-state index is 5.56. The van der Waals surface area contributed by atoms with Crippen LogP contribution >= 0.6 is 12.2 Å². The molecule has 0 radical (unpaired) electrons. The lowest BCUT2D eigenvalue weighted by Gasteiger charge is -2.30. The van der Waals surface area contributed by atoms with Gasteiger partial charge in [-0.05, 0) is 73.6 Å². The van der Waals surface area contributed by atoms with Crippen molar-refractivity contribution in [2.75, 3.05) is 29.6 Å². The van der Waals surface area contributed by atoms with Crippen LogP contribution in [0.1, 0.15) is 51.0 Å². The van der Waals surface area contributed by atoms with Gasteiger partial charge in [-0.2, -0.15) is 4.98 Å². The molecule has 0 atom stereocenters. The van der Waals surface area contributed by atoms with Crippen molar-refractivity contribution in [3.63, 3.8) is 0 Å². The number of nitrogens with one attached hydrogen (secondary N) is 3.